The molecule has 1 aromatic heterocycles. The highest BCUT2D eigenvalue weighted by atomic mass is 35.5. The van der Waals surface area contributed by atoms with Gasteiger partial charge in [-0.1, -0.05) is 11.6 Å². The van der Waals surface area contributed by atoms with Crippen LogP contribution >= 0.6 is 11.6 Å². The lowest BCUT2D eigenvalue weighted by molar-refractivity contribution is -0.359. The standard InChI is InChI=1S/C11H6ClF3O4/c12-5-1-2-8-6(3-5)9(16)7(4-19-8)10(17,18)11(13,14)15/h1-4,17-18H. The van der Waals surface area contributed by atoms with Gasteiger partial charge in [0.2, 0.25) is 5.43 Å². The van der Waals surface area contributed by atoms with Gasteiger partial charge in [-0.25, -0.2) is 0 Å². The number of rotatable bonds is 1. The molecule has 0 bridgehead atoms. The molecule has 4 nitrogen and oxygen atoms in total. The largest absolute Gasteiger partial charge is 0.464 e. The van der Waals surface area contributed by atoms with Crippen LogP contribution < -0.4 is 5.43 Å². The van der Waals surface area contributed by atoms with Crippen molar-refractivity contribution in [3.63, 3.8) is 0 Å². The number of alkyl halides is 3. The fourth-order valence-corrected chi connectivity index (χ4v) is 1.67. The third-order valence-corrected chi connectivity index (χ3v) is 2.74. The Kier molecular flexibility index (Phi) is 3.08. The van der Waals surface area contributed by atoms with Crippen LogP contribution in [-0.4, -0.2) is 16.4 Å². The van der Waals surface area contributed by atoms with Crippen molar-refractivity contribution in [2.75, 3.05) is 0 Å². The number of halogens is 4. The van der Waals surface area contributed by atoms with Gasteiger partial charge in [-0.3, -0.25) is 4.79 Å². The molecule has 0 aliphatic rings. The molecule has 102 valence electrons. The van der Waals surface area contributed by atoms with E-state index in [2.05, 4.69) is 0 Å². The van der Waals surface area contributed by atoms with Gasteiger partial charge in [0.1, 0.15) is 17.4 Å². The Balaban J connectivity index is 2.77. The van der Waals surface area contributed by atoms with E-state index in [1.807, 2.05) is 0 Å². The third-order valence-electron chi connectivity index (χ3n) is 2.51. The summed E-state index contributed by atoms with van der Waals surface area (Å²) >= 11 is 5.62. The minimum atomic E-state index is -5.44. The third kappa shape index (κ3) is 2.20. The summed E-state index contributed by atoms with van der Waals surface area (Å²) in [4.78, 5) is 11.8. The monoisotopic (exact) mass is 294 g/mol. The Morgan fingerprint density at radius 1 is 1.21 bits per heavy atom. The van der Waals surface area contributed by atoms with Crippen molar-refractivity contribution in [2.45, 2.75) is 12.0 Å². The lowest BCUT2D eigenvalue weighted by Gasteiger charge is -2.23. The second kappa shape index (κ2) is 4.22. The Labute approximate surface area is 108 Å². The van der Waals surface area contributed by atoms with Gasteiger partial charge in [-0.15, -0.1) is 0 Å². The highest BCUT2D eigenvalue weighted by molar-refractivity contribution is 6.31. The smallest absolute Gasteiger partial charge is 0.448 e. The fourth-order valence-electron chi connectivity index (χ4n) is 1.50. The van der Waals surface area contributed by atoms with Crippen molar-refractivity contribution in [3.05, 3.63) is 45.3 Å². The lowest BCUT2D eigenvalue weighted by atomic mass is 10.1. The van der Waals surface area contributed by atoms with Crippen molar-refractivity contribution in [1.82, 2.24) is 0 Å². The summed E-state index contributed by atoms with van der Waals surface area (Å²) in [5.74, 6) is -4.29. The van der Waals surface area contributed by atoms with Gasteiger partial charge in [0.25, 0.3) is 5.79 Å². The van der Waals surface area contributed by atoms with E-state index >= 15 is 0 Å². The first-order chi connectivity index (χ1) is 8.64. The van der Waals surface area contributed by atoms with Crippen LogP contribution in [0.15, 0.2) is 33.7 Å². The summed E-state index contributed by atoms with van der Waals surface area (Å²) < 4.78 is 42.2. The molecule has 1 aromatic carbocycles. The molecule has 0 spiro atoms. The molecular weight excluding hydrogens is 289 g/mol. The Hall–Kier alpha value is -1.57. The SMILES string of the molecule is O=c1c(C(O)(O)C(F)(F)F)coc2ccc(Cl)cc12. The Morgan fingerprint density at radius 2 is 1.84 bits per heavy atom. The van der Waals surface area contributed by atoms with E-state index in [0.29, 0.717) is 6.26 Å². The lowest BCUT2D eigenvalue weighted by Crippen LogP contribution is -2.45. The zero-order valence-electron chi connectivity index (χ0n) is 9.03. The zero-order valence-corrected chi connectivity index (χ0v) is 9.79. The molecular formula is C11H6ClF3O4. The van der Waals surface area contributed by atoms with Gasteiger partial charge in [0, 0.05) is 5.02 Å². The van der Waals surface area contributed by atoms with Crippen molar-refractivity contribution in [1.29, 1.82) is 0 Å². The molecule has 0 aliphatic heterocycles. The van der Waals surface area contributed by atoms with Crippen molar-refractivity contribution in [2.24, 2.45) is 0 Å². The summed E-state index contributed by atoms with van der Waals surface area (Å²) in [7, 11) is 0. The van der Waals surface area contributed by atoms with Gasteiger partial charge in [-0.2, -0.15) is 13.2 Å². The Bertz CT molecular complexity index is 690. The van der Waals surface area contributed by atoms with E-state index in [1.165, 1.54) is 12.1 Å². The molecule has 0 unspecified atom stereocenters. The summed E-state index contributed by atoms with van der Waals surface area (Å²) in [5.41, 5.74) is -2.56. The molecule has 0 saturated carbocycles. The summed E-state index contributed by atoms with van der Waals surface area (Å²) in [6, 6.07) is 3.74. The second-order valence-electron chi connectivity index (χ2n) is 3.79. The van der Waals surface area contributed by atoms with Crippen LogP contribution in [0.2, 0.25) is 5.02 Å². The molecule has 0 saturated heterocycles. The summed E-state index contributed by atoms with van der Waals surface area (Å²) in [6.45, 7) is 0. The van der Waals surface area contributed by atoms with E-state index in [1.54, 1.807) is 0 Å². The maximum absolute atomic E-state index is 12.5. The molecule has 19 heavy (non-hydrogen) atoms. The maximum atomic E-state index is 12.5. The molecule has 0 amide bonds. The van der Waals surface area contributed by atoms with E-state index in [4.69, 9.17) is 26.2 Å². The number of benzene rings is 1. The van der Waals surface area contributed by atoms with Gasteiger partial charge in [0.05, 0.1) is 5.39 Å². The first-order valence-corrected chi connectivity index (χ1v) is 5.25. The molecule has 0 fully saturated rings. The molecule has 2 rings (SSSR count). The highest BCUT2D eigenvalue weighted by Gasteiger charge is 2.56. The normalized spacial score (nSPS) is 12.9. The number of hydrogen-bond acceptors (Lipinski definition) is 4. The number of aliphatic hydroxyl groups is 2. The first-order valence-electron chi connectivity index (χ1n) is 4.87. The number of hydrogen-bond donors (Lipinski definition) is 2. The van der Waals surface area contributed by atoms with Gasteiger partial charge >= 0.3 is 6.18 Å². The highest BCUT2D eigenvalue weighted by Crippen LogP contribution is 2.35. The topological polar surface area (TPSA) is 70.7 Å². The van der Waals surface area contributed by atoms with Crippen LogP contribution in [0.4, 0.5) is 13.2 Å². The van der Waals surface area contributed by atoms with Gasteiger partial charge in [-0.05, 0) is 18.2 Å². The molecule has 8 heteroatoms. The zero-order chi connectivity index (χ0) is 14.4. The molecule has 0 radical (unpaired) electrons. The molecule has 1 heterocycles. The molecule has 2 N–H and O–H groups in total. The van der Waals surface area contributed by atoms with Gasteiger partial charge in [0.15, 0.2) is 0 Å². The van der Waals surface area contributed by atoms with E-state index in [-0.39, 0.29) is 16.0 Å². The van der Waals surface area contributed by atoms with Crippen LogP contribution in [-0.2, 0) is 5.79 Å². The minimum absolute atomic E-state index is 0.0175. The molecule has 2 aromatic rings. The van der Waals surface area contributed by atoms with Crippen molar-refractivity contribution >= 4 is 22.6 Å². The van der Waals surface area contributed by atoms with Crippen molar-refractivity contribution < 1.29 is 27.8 Å². The molecule has 0 atom stereocenters. The van der Waals surface area contributed by atoms with Crippen LogP contribution in [0.3, 0.4) is 0 Å². The van der Waals surface area contributed by atoms with E-state index in [0.717, 1.165) is 6.07 Å². The van der Waals surface area contributed by atoms with Crippen molar-refractivity contribution in [3.8, 4) is 0 Å². The van der Waals surface area contributed by atoms with Crippen LogP contribution in [0.1, 0.15) is 5.56 Å². The summed E-state index contributed by atoms with van der Waals surface area (Å²) in [5, 5.41) is 18.0. The predicted octanol–water partition coefficient (Wildman–Crippen LogP) is 2.15. The maximum Gasteiger partial charge on any atom is 0.448 e. The van der Waals surface area contributed by atoms with Crippen LogP contribution in [0.25, 0.3) is 11.0 Å². The minimum Gasteiger partial charge on any atom is -0.464 e. The van der Waals surface area contributed by atoms with Crippen LogP contribution in [0.5, 0.6) is 0 Å². The number of fused-ring (bicyclic) bond motifs is 1. The fraction of sp³-hybridized carbons (Fsp3) is 0.182. The van der Waals surface area contributed by atoms with E-state index < -0.39 is 23.0 Å². The first kappa shape index (κ1) is 13.9. The van der Waals surface area contributed by atoms with E-state index in [9.17, 15) is 18.0 Å². The average molecular weight is 295 g/mol. The second-order valence-corrected chi connectivity index (χ2v) is 4.23. The predicted molar refractivity (Wildman–Crippen MR) is 59.7 cm³/mol. The summed E-state index contributed by atoms with van der Waals surface area (Å²) in [6.07, 6.45) is -5.07. The van der Waals surface area contributed by atoms with Gasteiger partial charge < -0.3 is 14.6 Å². The molecule has 0 aliphatic carbocycles. The average Bonchev–Trinajstić information content (AvgIpc) is 2.28. The Morgan fingerprint density at radius 3 is 2.42 bits per heavy atom. The van der Waals surface area contributed by atoms with Crippen LogP contribution in [0, 0.1) is 0 Å². The quantitative estimate of drug-likeness (QED) is 0.791.